The summed E-state index contributed by atoms with van der Waals surface area (Å²) in [6.45, 7) is 4.62. The van der Waals surface area contributed by atoms with Gasteiger partial charge >= 0.3 is 0 Å². The first kappa shape index (κ1) is 35.4. The quantitative estimate of drug-likeness (QED) is 0.175. The molecule has 0 unspecified atom stereocenters. The predicted molar refractivity (Wildman–Crippen MR) is 255 cm³/mol. The summed E-state index contributed by atoms with van der Waals surface area (Å²) in [5.41, 5.74) is 10.9. The Kier molecular flexibility index (Phi) is 7.48. The van der Waals surface area contributed by atoms with Gasteiger partial charge in [0.1, 0.15) is 0 Å². The van der Waals surface area contributed by atoms with Crippen LogP contribution in [0.15, 0.2) is 182 Å². The van der Waals surface area contributed by atoms with E-state index in [2.05, 4.69) is 181 Å². The molecule has 0 atom stereocenters. The summed E-state index contributed by atoms with van der Waals surface area (Å²) in [6.07, 6.45) is 3.61. The maximum atomic E-state index is 5.53. The van der Waals surface area contributed by atoms with E-state index in [-0.39, 0.29) is 5.41 Å². The predicted octanol–water partition coefficient (Wildman–Crippen LogP) is 13.2. The van der Waals surface area contributed by atoms with E-state index in [1.54, 1.807) is 12.4 Å². The van der Waals surface area contributed by atoms with Gasteiger partial charge in [0.25, 0.3) is 0 Å². The smallest absolute Gasteiger partial charge is 0.237 e. The first-order valence-electron chi connectivity index (χ1n) is 21.2. The fourth-order valence-corrected chi connectivity index (χ4v) is 9.97. The standard InChI is InChI=1S/C55H36N8/c1-55(2)43-26-8-10-28-46(43)63(54-59-50(41-25-14-30-57-52(41)61-54)39-23-12-18-34-16-4-6-20-36(34)39)48-32-47-42(31-44(48)55)37-21-7-9-27-45(37)62(47)53-58-49(40-24-13-29-56-51(40)60-53)38-22-11-17-33-15-3-5-19-35(33)38/h3-32H,1-2H3. The number of nitrogens with zero attached hydrogens (tertiary/aromatic N) is 8. The average molecular weight is 809 g/mol. The molecule has 0 radical (unpaired) electrons. The zero-order valence-electron chi connectivity index (χ0n) is 34.4. The lowest BCUT2D eigenvalue weighted by molar-refractivity contribution is 0.632. The van der Waals surface area contributed by atoms with Gasteiger partial charge in [-0.1, -0.05) is 135 Å². The van der Waals surface area contributed by atoms with Crippen molar-refractivity contribution in [3.63, 3.8) is 0 Å². The van der Waals surface area contributed by atoms with E-state index < -0.39 is 0 Å². The summed E-state index contributed by atoms with van der Waals surface area (Å²) in [5, 5.41) is 8.53. The van der Waals surface area contributed by atoms with E-state index in [0.717, 1.165) is 93.6 Å². The SMILES string of the molecule is CC1(C)c2ccccc2N(c2nc(-c3cccc4ccccc34)c3cccnc3n2)c2cc3c(cc21)c1ccccc1n3-c1nc(-c2cccc3ccccc23)c2cccnc2n1. The van der Waals surface area contributed by atoms with Gasteiger partial charge in [-0.2, -0.15) is 9.97 Å². The van der Waals surface area contributed by atoms with E-state index in [4.69, 9.17) is 29.9 Å². The van der Waals surface area contributed by atoms with E-state index >= 15 is 0 Å². The number of aromatic nitrogens is 7. The number of anilines is 3. The average Bonchev–Trinajstić information content (AvgIpc) is 3.66. The molecule has 7 aromatic carbocycles. The van der Waals surface area contributed by atoms with E-state index in [9.17, 15) is 0 Å². The Morgan fingerprint density at radius 2 is 0.937 bits per heavy atom. The van der Waals surface area contributed by atoms with Crippen LogP contribution in [0.1, 0.15) is 25.0 Å². The molecule has 5 aromatic heterocycles. The maximum absolute atomic E-state index is 5.53. The number of para-hydroxylation sites is 2. The zero-order valence-corrected chi connectivity index (χ0v) is 34.4. The lowest BCUT2D eigenvalue weighted by Crippen LogP contribution is -2.31. The van der Waals surface area contributed by atoms with Crippen molar-refractivity contribution in [3.8, 4) is 28.5 Å². The molecule has 0 bridgehead atoms. The monoisotopic (exact) mass is 808 g/mol. The highest BCUT2D eigenvalue weighted by molar-refractivity contribution is 6.12. The molecular weight excluding hydrogens is 773 g/mol. The van der Waals surface area contributed by atoms with Gasteiger partial charge in [0.05, 0.1) is 33.8 Å². The van der Waals surface area contributed by atoms with E-state index in [1.807, 2.05) is 12.1 Å². The van der Waals surface area contributed by atoms with E-state index in [1.165, 1.54) is 5.56 Å². The molecule has 0 spiro atoms. The van der Waals surface area contributed by atoms with Gasteiger partial charge in [-0.25, -0.2) is 19.9 Å². The molecular formula is C55H36N8. The Morgan fingerprint density at radius 3 is 1.62 bits per heavy atom. The first-order valence-corrected chi connectivity index (χ1v) is 21.2. The maximum Gasteiger partial charge on any atom is 0.237 e. The van der Waals surface area contributed by atoms with Crippen LogP contribution in [-0.2, 0) is 5.41 Å². The molecule has 296 valence electrons. The Morgan fingerprint density at radius 1 is 0.397 bits per heavy atom. The molecule has 0 fully saturated rings. The normalized spacial score (nSPS) is 13.3. The van der Waals surface area contributed by atoms with Crippen LogP contribution < -0.4 is 4.90 Å². The summed E-state index contributed by atoms with van der Waals surface area (Å²) in [4.78, 5) is 33.4. The third-order valence-corrected chi connectivity index (χ3v) is 12.9. The number of rotatable bonds is 4. The van der Waals surface area contributed by atoms with Crippen LogP contribution in [0.3, 0.4) is 0 Å². The third-order valence-electron chi connectivity index (χ3n) is 12.9. The largest absolute Gasteiger partial charge is 0.278 e. The Bertz CT molecular complexity index is 3860. The minimum atomic E-state index is -0.377. The molecule has 0 N–H and O–H groups in total. The van der Waals surface area contributed by atoms with Gasteiger partial charge in [0, 0.05) is 50.5 Å². The zero-order chi connectivity index (χ0) is 41.8. The second kappa shape index (κ2) is 13.3. The summed E-state index contributed by atoms with van der Waals surface area (Å²) in [6, 6.07) is 59.5. The fourth-order valence-electron chi connectivity index (χ4n) is 9.97. The van der Waals surface area contributed by atoms with Crippen LogP contribution in [0, 0.1) is 0 Å². The molecule has 13 rings (SSSR count). The second-order valence-electron chi connectivity index (χ2n) is 16.8. The molecule has 1 aliphatic rings. The van der Waals surface area contributed by atoms with Crippen molar-refractivity contribution in [1.82, 2.24) is 34.5 Å². The summed E-state index contributed by atoms with van der Waals surface area (Å²) < 4.78 is 2.20. The summed E-state index contributed by atoms with van der Waals surface area (Å²) in [7, 11) is 0. The summed E-state index contributed by atoms with van der Waals surface area (Å²) in [5.74, 6) is 1.08. The molecule has 8 heteroatoms. The number of hydrogen-bond acceptors (Lipinski definition) is 7. The lowest BCUT2D eigenvalue weighted by atomic mass is 9.73. The van der Waals surface area contributed by atoms with Gasteiger partial charge in [0.2, 0.25) is 11.9 Å². The van der Waals surface area contributed by atoms with Crippen molar-refractivity contribution < 1.29 is 0 Å². The van der Waals surface area contributed by atoms with Crippen molar-refractivity contribution in [2.75, 3.05) is 4.90 Å². The van der Waals surface area contributed by atoms with Gasteiger partial charge in [0.15, 0.2) is 11.3 Å². The van der Waals surface area contributed by atoms with Gasteiger partial charge < -0.3 is 0 Å². The van der Waals surface area contributed by atoms with Crippen molar-refractivity contribution >= 4 is 82.7 Å². The molecule has 6 heterocycles. The molecule has 0 amide bonds. The summed E-state index contributed by atoms with van der Waals surface area (Å²) >= 11 is 0. The molecule has 63 heavy (non-hydrogen) atoms. The third kappa shape index (κ3) is 5.21. The molecule has 12 aromatic rings. The molecule has 0 aliphatic carbocycles. The topological polar surface area (TPSA) is 85.5 Å². The Labute approximate surface area is 361 Å². The van der Waals surface area contributed by atoms with Crippen molar-refractivity contribution in [3.05, 3.63) is 193 Å². The number of pyridine rings is 2. The number of fused-ring (bicyclic) bond motifs is 9. The highest BCUT2D eigenvalue weighted by Gasteiger charge is 2.39. The molecule has 0 saturated heterocycles. The highest BCUT2D eigenvalue weighted by Crippen LogP contribution is 2.53. The van der Waals surface area contributed by atoms with Crippen LogP contribution >= 0.6 is 0 Å². The van der Waals surface area contributed by atoms with Gasteiger partial charge in [-0.3, -0.25) is 9.47 Å². The molecule has 0 saturated carbocycles. The van der Waals surface area contributed by atoms with Crippen LogP contribution in [0.4, 0.5) is 17.3 Å². The second-order valence-corrected chi connectivity index (χ2v) is 16.8. The van der Waals surface area contributed by atoms with Crippen molar-refractivity contribution in [1.29, 1.82) is 0 Å². The Hall–Kier alpha value is -8.36. The highest BCUT2D eigenvalue weighted by atomic mass is 15.3. The Balaban J connectivity index is 1.11. The minimum absolute atomic E-state index is 0.377. The molecule has 1 aliphatic heterocycles. The van der Waals surface area contributed by atoms with Crippen molar-refractivity contribution in [2.24, 2.45) is 0 Å². The van der Waals surface area contributed by atoms with Gasteiger partial charge in [-0.15, -0.1) is 0 Å². The number of hydrogen-bond donors (Lipinski definition) is 0. The molecule has 8 nitrogen and oxygen atoms in total. The van der Waals surface area contributed by atoms with Crippen LogP contribution in [0.2, 0.25) is 0 Å². The van der Waals surface area contributed by atoms with Crippen LogP contribution in [0.5, 0.6) is 0 Å². The fraction of sp³-hybridized carbons (Fsp3) is 0.0545. The first-order chi connectivity index (χ1) is 31.0. The van der Waals surface area contributed by atoms with Gasteiger partial charge in [-0.05, 0) is 81.2 Å². The van der Waals surface area contributed by atoms with Crippen LogP contribution in [0.25, 0.3) is 93.9 Å². The lowest BCUT2D eigenvalue weighted by Gasteiger charge is -2.41. The van der Waals surface area contributed by atoms with Crippen LogP contribution in [-0.4, -0.2) is 34.5 Å². The number of benzene rings is 7. The minimum Gasteiger partial charge on any atom is -0.278 e. The van der Waals surface area contributed by atoms with Crippen molar-refractivity contribution in [2.45, 2.75) is 19.3 Å². The van der Waals surface area contributed by atoms with E-state index in [0.29, 0.717) is 23.2 Å².